The summed E-state index contributed by atoms with van der Waals surface area (Å²) in [6, 6.07) is 12.7. The molecule has 1 aromatic carbocycles. The molecule has 0 radical (unpaired) electrons. The summed E-state index contributed by atoms with van der Waals surface area (Å²) in [4.78, 5) is 14.9. The zero-order valence-corrected chi connectivity index (χ0v) is 11.4. The summed E-state index contributed by atoms with van der Waals surface area (Å²) in [7, 11) is 0. The van der Waals surface area contributed by atoms with E-state index in [9.17, 15) is 4.79 Å². The Balaban J connectivity index is 2.02. The normalized spacial score (nSPS) is 19.1. The maximum absolute atomic E-state index is 11.3. The van der Waals surface area contributed by atoms with Crippen LogP contribution in [0.2, 0.25) is 0 Å². The molecule has 0 bridgehead atoms. The van der Waals surface area contributed by atoms with Crippen molar-refractivity contribution in [1.29, 1.82) is 0 Å². The number of benzene rings is 1. The highest BCUT2D eigenvalue weighted by Gasteiger charge is 2.30. The molecule has 0 spiro atoms. The van der Waals surface area contributed by atoms with E-state index in [2.05, 4.69) is 28.5 Å². The highest BCUT2D eigenvalue weighted by atomic mass is 32.1. The van der Waals surface area contributed by atoms with E-state index in [0.29, 0.717) is 6.54 Å². The van der Waals surface area contributed by atoms with Crippen LogP contribution in [0.25, 0.3) is 0 Å². The SMILES string of the molecule is NC(=O)CN1CCc2sccc2[C@@H]1c1ccccc1. The van der Waals surface area contributed by atoms with Gasteiger partial charge in [0.15, 0.2) is 0 Å². The molecule has 0 saturated heterocycles. The van der Waals surface area contributed by atoms with Crippen molar-refractivity contribution in [2.24, 2.45) is 5.73 Å². The van der Waals surface area contributed by atoms with Crippen LogP contribution >= 0.6 is 11.3 Å². The number of amides is 1. The molecule has 0 unspecified atom stereocenters. The van der Waals surface area contributed by atoms with Crippen LogP contribution in [0.1, 0.15) is 22.0 Å². The van der Waals surface area contributed by atoms with Gasteiger partial charge in [-0.3, -0.25) is 9.69 Å². The number of fused-ring (bicyclic) bond motifs is 1. The molecule has 98 valence electrons. The predicted molar refractivity (Wildman–Crippen MR) is 77.1 cm³/mol. The third-order valence-electron chi connectivity index (χ3n) is 3.54. The van der Waals surface area contributed by atoms with Crippen molar-refractivity contribution in [3.63, 3.8) is 0 Å². The fourth-order valence-electron chi connectivity index (χ4n) is 2.76. The predicted octanol–water partition coefficient (Wildman–Crippen LogP) is 2.18. The Labute approximate surface area is 116 Å². The minimum Gasteiger partial charge on any atom is -0.369 e. The second-order valence-electron chi connectivity index (χ2n) is 4.80. The van der Waals surface area contributed by atoms with E-state index in [4.69, 9.17) is 5.73 Å². The minimum atomic E-state index is -0.264. The van der Waals surface area contributed by atoms with Gasteiger partial charge in [0.05, 0.1) is 12.6 Å². The number of carbonyl (C=O) groups excluding carboxylic acids is 1. The topological polar surface area (TPSA) is 46.3 Å². The molecule has 3 nitrogen and oxygen atoms in total. The lowest BCUT2D eigenvalue weighted by Gasteiger charge is -2.35. The van der Waals surface area contributed by atoms with Crippen LogP contribution in [-0.4, -0.2) is 23.9 Å². The van der Waals surface area contributed by atoms with Crippen LogP contribution in [0.4, 0.5) is 0 Å². The lowest BCUT2D eigenvalue weighted by molar-refractivity contribution is -0.119. The van der Waals surface area contributed by atoms with Crippen LogP contribution < -0.4 is 5.73 Å². The number of nitrogens with zero attached hydrogens (tertiary/aromatic N) is 1. The zero-order valence-electron chi connectivity index (χ0n) is 10.6. The third-order valence-corrected chi connectivity index (χ3v) is 4.54. The number of primary amides is 1. The number of thiophene rings is 1. The lowest BCUT2D eigenvalue weighted by atomic mass is 9.93. The molecule has 1 atom stereocenters. The van der Waals surface area contributed by atoms with Gasteiger partial charge < -0.3 is 5.73 Å². The highest BCUT2D eigenvalue weighted by molar-refractivity contribution is 7.10. The molecule has 1 amide bonds. The smallest absolute Gasteiger partial charge is 0.231 e. The van der Waals surface area contributed by atoms with Gasteiger partial charge in [-0.15, -0.1) is 11.3 Å². The summed E-state index contributed by atoms with van der Waals surface area (Å²) in [5.74, 6) is -0.264. The molecular formula is C15H16N2OS. The molecule has 0 aliphatic carbocycles. The molecule has 3 rings (SSSR count). The average molecular weight is 272 g/mol. The summed E-state index contributed by atoms with van der Waals surface area (Å²) in [6.07, 6.45) is 1.00. The third kappa shape index (κ3) is 2.41. The van der Waals surface area contributed by atoms with Gasteiger partial charge in [0.2, 0.25) is 5.91 Å². The number of carbonyl (C=O) groups is 1. The number of nitrogens with two attached hydrogens (primary N) is 1. The summed E-state index contributed by atoms with van der Waals surface area (Å²) < 4.78 is 0. The Bertz CT molecular complexity index is 579. The summed E-state index contributed by atoms with van der Waals surface area (Å²) in [6.45, 7) is 1.20. The van der Waals surface area contributed by atoms with E-state index in [0.717, 1.165) is 13.0 Å². The van der Waals surface area contributed by atoms with Crippen molar-refractivity contribution in [2.75, 3.05) is 13.1 Å². The zero-order chi connectivity index (χ0) is 13.2. The van der Waals surface area contributed by atoms with Crippen molar-refractivity contribution < 1.29 is 4.79 Å². The lowest BCUT2D eigenvalue weighted by Crippen LogP contribution is -2.40. The molecule has 1 aliphatic rings. The molecule has 1 aliphatic heterocycles. The monoisotopic (exact) mass is 272 g/mol. The molecule has 4 heteroatoms. The molecule has 2 heterocycles. The van der Waals surface area contributed by atoms with Crippen molar-refractivity contribution >= 4 is 17.2 Å². The van der Waals surface area contributed by atoms with Gasteiger partial charge in [-0.2, -0.15) is 0 Å². The second kappa shape index (κ2) is 5.15. The van der Waals surface area contributed by atoms with Gasteiger partial charge in [0.1, 0.15) is 0 Å². The van der Waals surface area contributed by atoms with Crippen LogP contribution in [0.15, 0.2) is 41.8 Å². The molecule has 0 saturated carbocycles. The van der Waals surface area contributed by atoms with Gasteiger partial charge in [0.25, 0.3) is 0 Å². The minimum absolute atomic E-state index is 0.156. The Morgan fingerprint density at radius 2 is 2.11 bits per heavy atom. The van der Waals surface area contributed by atoms with Gasteiger partial charge in [-0.1, -0.05) is 30.3 Å². The molecular weight excluding hydrogens is 256 g/mol. The first kappa shape index (κ1) is 12.4. The quantitative estimate of drug-likeness (QED) is 0.931. The summed E-state index contributed by atoms with van der Waals surface area (Å²) >= 11 is 1.80. The first-order valence-corrected chi connectivity index (χ1v) is 7.27. The number of hydrogen-bond donors (Lipinski definition) is 1. The van der Waals surface area contributed by atoms with Crippen LogP contribution in [0.5, 0.6) is 0 Å². The number of rotatable bonds is 3. The van der Waals surface area contributed by atoms with E-state index < -0.39 is 0 Å². The Hall–Kier alpha value is -1.65. The van der Waals surface area contributed by atoms with Gasteiger partial charge >= 0.3 is 0 Å². The van der Waals surface area contributed by atoms with Crippen LogP contribution in [0.3, 0.4) is 0 Å². The maximum atomic E-state index is 11.3. The fourth-order valence-corrected chi connectivity index (χ4v) is 3.67. The first-order valence-electron chi connectivity index (χ1n) is 6.39. The number of hydrogen-bond acceptors (Lipinski definition) is 3. The van der Waals surface area contributed by atoms with Crippen LogP contribution in [0, 0.1) is 0 Å². The van der Waals surface area contributed by atoms with E-state index in [1.165, 1.54) is 16.0 Å². The standard InChI is InChI=1S/C15H16N2OS/c16-14(18)10-17-8-6-13-12(7-9-19-13)15(17)11-4-2-1-3-5-11/h1-5,7,9,15H,6,8,10H2,(H2,16,18)/t15-/m0/s1. The molecule has 1 aromatic heterocycles. The molecule has 19 heavy (non-hydrogen) atoms. The fraction of sp³-hybridized carbons (Fsp3) is 0.267. The molecule has 2 N–H and O–H groups in total. The average Bonchev–Trinajstić information content (AvgIpc) is 2.87. The van der Waals surface area contributed by atoms with E-state index >= 15 is 0 Å². The summed E-state index contributed by atoms with van der Waals surface area (Å²) in [5.41, 5.74) is 7.93. The summed E-state index contributed by atoms with van der Waals surface area (Å²) in [5, 5.41) is 2.13. The van der Waals surface area contributed by atoms with Crippen molar-refractivity contribution in [3.05, 3.63) is 57.8 Å². The molecule has 0 fully saturated rings. The Morgan fingerprint density at radius 3 is 2.84 bits per heavy atom. The van der Waals surface area contributed by atoms with E-state index in [1.807, 2.05) is 18.2 Å². The van der Waals surface area contributed by atoms with Gasteiger partial charge in [-0.05, 0) is 29.0 Å². The van der Waals surface area contributed by atoms with Crippen LogP contribution in [-0.2, 0) is 11.2 Å². The Kier molecular flexibility index (Phi) is 3.36. The van der Waals surface area contributed by atoms with Gasteiger partial charge in [0, 0.05) is 11.4 Å². The maximum Gasteiger partial charge on any atom is 0.231 e. The van der Waals surface area contributed by atoms with E-state index in [-0.39, 0.29) is 11.9 Å². The van der Waals surface area contributed by atoms with Gasteiger partial charge in [-0.25, -0.2) is 0 Å². The first-order chi connectivity index (χ1) is 9.25. The van der Waals surface area contributed by atoms with Crippen molar-refractivity contribution in [1.82, 2.24) is 4.90 Å². The Morgan fingerprint density at radius 1 is 1.32 bits per heavy atom. The van der Waals surface area contributed by atoms with Crippen molar-refractivity contribution in [2.45, 2.75) is 12.5 Å². The van der Waals surface area contributed by atoms with Crippen molar-refractivity contribution in [3.8, 4) is 0 Å². The highest BCUT2D eigenvalue weighted by Crippen LogP contribution is 2.37. The second-order valence-corrected chi connectivity index (χ2v) is 5.80. The largest absolute Gasteiger partial charge is 0.369 e. The molecule has 2 aromatic rings. The van der Waals surface area contributed by atoms with E-state index in [1.54, 1.807) is 11.3 Å².